The van der Waals surface area contributed by atoms with Gasteiger partial charge in [-0.05, 0) is 6.08 Å². The van der Waals surface area contributed by atoms with E-state index in [1.54, 1.807) is 0 Å². The Hall–Kier alpha value is -3.36. The monoisotopic (exact) mass is 512 g/mol. The number of rotatable bonds is 19. The van der Waals surface area contributed by atoms with Gasteiger partial charge in [-0.1, -0.05) is 26.3 Å². The number of carbonyl (C=O) groups is 4. The lowest BCUT2D eigenvalue weighted by molar-refractivity contribution is -0.323. The molecule has 14 heteroatoms. The summed E-state index contributed by atoms with van der Waals surface area (Å²) in [5.74, 6) is -7.82. The van der Waals surface area contributed by atoms with Crippen molar-refractivity contribution in [2.45, 2.75) is 37.6 Å². The highest BCUT2D eigenvalue weighted by Gasteiger charge is 2.37. The molecule has 10 nitrogen and oxygen atoms in total. The maximum atomic E-state index is 14.0. The van der Waals surface area contributed by atoms with Crippen LogP contribution >= 0.6 is 0 Å². The Labute approximate surface area is 197 Å². The third-order valence-corrected chi connectivity index (χ3v) is 3.42. The van der Waals surface area contributed by atoms with Crippen molar-refractivity contribution < 1.29 is 65.2 Å². The van der Waals surface area contributed by atoms with E-state index >= 15 is 0 Å². The molecule has 0 aromatic rings. The van der Waals surface area contributed by atoms with E-state index in [1.807, 2.05) is 0 Å². The molecule has 0 amide bonds. The summed E-state index contributed by atoms with van der Waals surface area (Å²) in [5, 5.41) is 0. The zero-order chi connectivity index (χ0) is 27.1. The summed E-state index contributed by atoms with van der Waals surface area (Å²) in [7, 11) is 0. The first-order valence-corrected chi connectivity index (χ1v) is 9.54. The topological polar surface area (TPSA) is 124 Å². The molecule has 0 aliphatic heterocycles. The second-order valence-electron chi connectivity index (χ2n) is 6.23. The minimum Gasteiger partial charge on any atom is -0.432 e. The normalized spacial score (nSPS) is 12.3. The number of ether oxygens (including phenoxy) is 6. The van der Waals surface area contributed by atoms with Crippen LogP contribution in [0.5, 0.6) is 0 Å². The Morgan fingerprint density at radius 1 is 0.743 bits per heavy atom. The summed E-state index contributed by atoms with van der Waals surface area (Å²) >= 11 is 0. The molecule has 0 bridgehead atoms. The number of ketones is 1. The van der Waals surface area contributed by atoms with E-state index in [0.717, 1.165) is 6.08 Å². The predicted octanol–water partition coefficient (Wildman–Crippen LogP) is 2.60. The lowest BCUT2D eigenvalue weighted by Gasteiger charge is -2.23. The molecule has 35 heavy (non-hydrogen) atoms. The van der Waals surface area contributed by atoms with Crippen LogP contribution in [0.1, 0.15) is 12.8 Å². The molecule has 0 fully saturated rings. The molecule has 0 saturated carbocycles. The van der Waals surface area contributed by atoms with Gasteiger partial charge < -0.3 is 28.4 Å². The average Bonchev–Trinajstić information content (AvgIpc) is 2.80. The summed E-state index contributed by atoms with van der Waals surface area (Å²) in [6.45, 7) is 5.90. The minimum atomic E-state index is -4.17. The first kappa shape index (κ1) is 31.6. The van der Waals surface area contributed by atoms with Gasteiger partial charge in [0, 0.05) is 24.6 Å². The van der Waals surface area contributed by atoms with Crippen LogP contribution in [0.3, 0.4) is 0 Å². The van der Waals surface area contributed by atoms with Crippen molar-refractivity contribution in [3.63, 3.8) is 0 Å². The molecular formula is C21H24F4O10. The van der Waals surface area contributed by atoms with Gasteiger partial charge in [0.1, 0.15) is 13.2 Å². The van der Waals surface area contributed by atoms with Gasteiger partial charge in [0.05, 0.1) is 13.0 Å². The highest BCUT2D eigenvalue weighted by molar-refractivity contribution is 5.89. The van der Waals surface area contributed by atoms with Crippen molar-refractivity contribution in [3.05, 3.63) is 50.6 Å². The fraction of sp³-hybridized carbons (Fsp3) is 0.429. The Morgan fingerprint density at radius 3 is 1.74 bits per heavy atom. The maximum absolute atomic E-state index is 14.0. The first-order chi connectivity index (χ1) is 16.3. The molecule has 196 valence electrons. The van der Waals surface area contributed by atoms with Gasteiger partial charge in [0.25, 0.3) is 5.92 Å². The molecule has 0 heterocycles. The largest absolute Gasteiger partial charge is 0.432 e. The number of halogens is 4. The zero-order valence-corrected chi connectivity index (χ0v) is 18.4. The third kappa shape index (κ3) is 15.2. The van der Waals surface area contributed by atoms with Crippen LogP contribution < -0.4 is 0 Å². The molecule has 0 spiro atoms. The Balaban J connectivity index is 4.78. The molecule has 0 aliphatic rings. The summed E-state index contributed by atoms with van der Waals surface area (Å²) in [6.07, 6.45) is -4.92. The molecule has 0 saturated heterocycles. The van der Waals surface area contributed by atoms with E-state index in [-0.39, 0.29) is 0 Å². The predicted molar refractivity (Wildman–Crippen MR) is 109 cm³/mol. The summed E-state index contributed by atoms with van der Waals surface area (Å²) in [5.41, 5.74) is 0. The smallest absolute Gasteiger partial charge is 0.379 e. The van der Waals surface area contributed by atoms with Gasteiger partial charge in [0.2, 0.25) is 6.29 Å². The van der Waals surface area contributed by atoms with Crippen LogP contribution in [0.2, 0.25) is 0 Å². The number of carbonyl (C=O) groups excluding carboxylic acids is 4. The second kappa shape index (κ2) is 15.5. The molecule has 1 atom stereocenters. The van der Waals surface area contributed by atoms with E-state index in [9.17, 15) is 36.7 Å². The fourth-order valence-corrected chi connectivity index (χ4v) is 1.78. The van der Waals surface area contributed by atoms with Crippen LogP contribution in [0.15, 0.2) is 50.6 Å². The maximum Gasteiger partial charge on any atom is 0.379 e. The summed E-state index contributed by atoms with van der Waals surface area (Å²) < 4.78 is 82.2. The first-order valence-electron chi connectivity index (χ1n) is 9.54. The Bertz CT molecular complexity index is 689. The van der Waals surface area contributed by atoms with Crippen LogP contribution in [0.25, 0.3) is 0 Å². The highest BCUT2D eigenvalue weighted by atomic mass is 19.3. The number of alkyl halides is 4. The van der Waals surface area contributed by atoms with Crippen LogP contribution in [-0.2, 0) is 47.6 Å². The zero-order valence-electron chi connectivity index (χ0n) is 18.4. The van der Waals surface area contributed by atoms with Crippen molar-refractivity contribution in [1.29, 1.82) is 0 Å². The van der Waals surface area contributed by atoms with E-state index in [1.165, 1.54) is 0 Å². The summed E-state index contributed by atoms with van der Waals surface area (Å²) in [6, 6.07) is 0. The standard InChI is InChI=1S/C21H24F4O10/c1-5-14(26)11-18(33-15(27)6-2)30-12-20(22,23)9-10-32-21(24,25)13-31-19(34-16(28)7-3)35-17(29)8-4/h5-8,18-19H,1-4,9-13H2. The van der Waals surface area contributed by atoms with Crippen LogP contribution in [0.4, 0.5) is 17.6 Å². The molecule has 0 aromatic heterocycles. The van der Waals surface area contributed by atoms with Gasteiger partial charge >= 0.3 is 30.5 Å². The Kier molecular flexibility index (Phi) is 14.0. The van der Waals surface area contributed by atoms with Gasteiger partial charge in [0.15, 0.2) is 5.78 Å². The number of hydrogen-bond donors (Lipinski definition) is 0. The third-order valence-electron chi connectivity index (χ3n) is 3.42. The van der Waals surface area contributed by atoms with E-state index in [0.29, 0.717) is 18.2 Å². The van der Waals surface area contributed by atoms with Crippen molar-refractivity contribution in [2.75, 3.05) is 19.8 Å². The molecule has 1 unspecified atom stereocenters. The number of hydrogen-bond acceptors (Lipinski definition) is 10. The lowest BCUT2D eigenvalue weighted by Crippen LogP contribution is -2.36. The average molecular weight is 512 g/mol. The van der Waals surface area contributed by atoms with Crippen molar-refractivity contribution >= 4 is 23.7 Å². The second-order valence-corrected chi connectivity index (χ2v) is 6.23. The van der Waals surface area contributed by atoms with E-state index in [2.05, 4.69) is 50.0 Å². The highest BCUT2D eigenvalue weighted by Crippen LogP contribution is 2.24. The van der Waals surface area contributed by atoms with Crippen molar-refractivity contribution in [2.24, 2.45) is 0 Å². The quantitative estimate of drug-likeness (QED) is 0.110. The van der Waals surface area contributed by atoms with Crippen LogP contribution in [0, 0.1) is 0 Å². The molecule has 0 N–H and O–H groups in total. The van der Waals surface area contributed by atoms with Crippen LogP contribution in [-0.4, -0.2) is 68.3 Å². The van der Waals surface area contributed by atoms with E-state index < -0.39 is 81.2 Å². The van der Waals surface area contributed by atoms with Crippen molar-refractivity contribution in [1.82, 2.24) is 0 Å². The molecule has 0 rings (SSSR count). The van der Waals surface area contributed by atoms with Gasteiger partial charge in [-0.25, -0.2) is 23.2 Å². The van der Waals surface area contributed by atoms with Gasteiger partial charge in [-0.15, -0.1) is 0 Å². The number of allylic oxidation sites excluding steroid dienone is 1. The fourth-order valence-electron chi connectivity index (χ4n) is 1.78. The Morgan fingerprint density at radius 2 is 1.26 bits per heavy atom. The summed E-state index contributed by atoms with van der Waals surface area (Å²) in [4.78, 5) is 44.9. The lowest BCUT2D eigenvalue weighted by atomic mass is 10.2. The van der Waals surface area contributed by atoms with Gasteiger partial charge in [-0.3, -0.25) is 4.79 Å². The SMILES string of the molecule is C=CC(=O)CC(OCC(F)(F)CCOC(F)(F)COC(OC(=O)C=C)OC(=O)C=C)OC(=O)C=C. The minimum absolute atomic E-state index is 0.612. The molecule has 0 aromatic carbocycles. The van der Waals surface area contributed by atoms with Gasteiger partial charge in [-0.2, -0.15) is 8.78 Å². The molecule has 0 aliphatic carbocycles. The van der Waals surface area contributed by atoms with E-state index in [4.69, 9.17) is 4.74 Å². The molecule has 0 radical (unpaired) electrons. The van der Waals surface area contributed by atoms with Crippen molar-refractivity contribution in [3.8, 4) is 0 Å². The molecular weight excluding hydrogens is 488 g/mol. The number of esters is 3.